The van der Waals surface area contributed by atoms with E-state index in [1.165, 1.54) is 18.9 Å². The summed E-state index contributed by atoms with van der Waals surface area (Å²) in [4.78, 5) is 16.5. The lowest BCUT2D eigenvalue weighted by atomic mass is 10.1. The second kappa shape index (κ2) is 5.32. The molecule has 0 aliphatic heterocycles. The van der Waals surface area contributed by atoms with Crippen molar-refractivity contribution >= 4 is 11.6 Å². The largest absolute Gasteiger partial charge is 0.375 e. The van der Waals surface area contributed by atoms with Crippen molar-refractivity contribution in [2.45, 2.75) is 44.7 Å². The molecule has 1 aromatic carbocycles. The average Bonchev–Trinajstić information content (AvgIpc) is 3.29. The van der Waals surface area contributed by atoms with Gasteiger partial charge in [-0.05, 0) is 56.7 Å². The maximum Gasteiger partial charge on any atom is 0.254 e. The van der Waals surface area contributed by atoms with Gasteiger partial charge in [-0.15, -0.1) is 0 Å². The number of amides is 1. The molecular formula is C17H23FN2O. The summed E-state index contributed by atoms with van der Waals surface area (Å²) in [6.07, 6.45) is 4.60. The smallest absolute Gasteiger partial charge is 0.254 e. The molecule has 0 unspecified atom stereocenters. The van der Waals surface area contributed by atoms with Crippen LogP contribution in [0.5, 0.6) is 0 Å². The molecule has 2 aliphatic carbocycles. The van der Waals surface area contributed by atoms with Gasteiger partial charge >= 0.3 is 0 Å². The number of hydrogen-bond acceptors (Lipinski definition) is 2. The molecule has 114 valence electrons. The molecule has 3 nitrogen and oxygen atoms in total. The van der Waals surface area contributed by atoms with E-state index in [2.05, 4.69) is 6.92 Å². The first-order valence-corrected chi connectivity index (χ1v) is 7.78. The van der Waals surface area contributed by atoms with Crippen LogP contribution in [-0.2, 0) is 0 Å². The summed E-state index contributed by atoms with van der Waals surface area (Å²) in [7, 11) is 3.59. The van der Waals surface area contributed by atoms with Crippen LogP contribution in [0.4, 0.5) is 10.1 Å². The molecule has 0 aromatic heterocycles. The van der Waals surface area contributed by atoms with Crippen molar-refractivity contribution in [2.24, 2.45) is 5.92 Å². The van der Waals surface area contributed by atoms with E-state index in [1.807, 2.05) is 4.90 Å². The van der Waals surface area contributed by atoms with Crippen molar-refractivity contribution < 1.29 is 9.18 Å². The summed E-state index contributed by atoms with van der Waals surface area (Å²) in [5.74, 6) is 0.294. The Hall–Kier alpha value is -1.58. The highest BCUT2D eigenvalue weighted by Crippen LogP contribution is 2.40. The molecule has 0 heterocycles. The topological polar surface area (TPSA) is 23.6 Å². The number of anilines is 1. The SMILES string of the molecule is C[C@H](C1CC1)N(C(=O)c1ccc(N(C)C)c(F)c1)C1CC1. The zero-order valence-electron chi connectivity index (χ0n) is 13.0. The fraction of sp³-hybridized carbons (Fsp3) is 0.588. The van der Waals surface area contributed by atoms with Crippen molar-refractivity contribution in [1.82, 2.24) is 4.90 Å². The third kappa shape index (κ3) is 2.89. The number of hydrogen-bond donors (Lipinski definition) is 0. The molecule has 0 N–H and O–H groups in total. The van der Waals surface area contributed by atoms with Crippen molar-refractivity contribution in [3.05, 3.63) is 29.6 Å². The normalized spacial score (nSPS) is 19.2. The van der Waals surface area contributed by atoms with E-state index < -0.39 is 0 Å². The summed E-state index contributed by atoms with van der Waals surface area (Å²) >= 11 is 0. The van der Waals surface area contributed by atoms with Gasteiger partial charge in [-0.2, -0.15) is 0 Å². The van der Waals surface area contributed by atoms with Crippen LogP contribution in [0, 0.1) is 11.7 Å². The molecule has 21 heavy (non-hydrogen) atoms. The zero-order valence-corrected chi connectivity index (χ0v) is 13.0. The minimum absolute atomic E-state index is 0.0129. The first kappa shape index (κ1) is 14.4. The molecule has 3 rings (SSSR count). The van der Waals surface area contributed by atoms with Gasteiger partial charge in [0, 0.05) is 31.7 Å². The van der Waals surface area contributed by atoms with Crippen molar-refractivity contribution in [2.75, 3.05) is 19.0 Å². The number of carbonyl (C=O) groups is 1. The highest BCUT2D eigenvalue weighted by atomic mass is 19.1. The average molecular weight is 290 g/mol. The van der Waals surface area contributed by atoms with E-state index in [1.54, 1.807) is 31.1 Å². The van der Waals surface area contributed by atoms with E-state index >= 15 is 0 Å². The van der Waals surface area contributed by atoms with Crippen LogP contribution in [-0.4, -0.2) is 37.0 Å². The summed E-state index contributed by atoms with van der Waals surface area (Å²) in [6.45, 7) is 2.14. The summed E-state index contributed by atoms with van der Waals surface area (Å²) in [5, 5.41) is 0. The van der Waals surface area contributed by atoms with E-state index in [0.717, 1.165) is 12.8 Å². The zero-order chi connectivity index (χ0) is 15.1. The molecule has 0 radical (unpaired) electrons. The Morgan fingerprint density at radius 1 is 1.24 bits per heavy atom. The Morgan fingerprint density at radius 3 is 2.38 bits per heavy atom. The predicted octanol–water partition coefficient (Wildman–Crippen LogP) is 3.29. The molecular weight excluding hydrogens is 267 g/mol. The summed E-state index contributed by atoms with van der Waals surface area (Å²) in [5.41, 5.74) is 0.984. The Labute approximate surface area is 125 Å². The van der Waals surface area contributed by atoms with Crippen molar-refractivity contribution in [3.63, 3.8) is 0 Å². The maximum absolute atomic E-state index is 14.1. The van der Waals surface area contributed by atoms with Crippen LogP contribution >= 0.6 is 0 Å². The third-order valence-corrected chi connectivity index (χ3v) is 4.59. The molecule has 2 aliphatic rings. The Morgan fingerprint density at radius 2 is 1.90 bits per heavy atom. The number of carbonyl (C=O) groups excluding carboxylic acids is 1. The Balaban J connectivity index is 1.84. The van der Waals surface area contributed by atoms with E-state index in [9.17, 15) is 9.18 Å². The molecule has 1 amide bonds. The van der Waals surface area contributed by atoms with E-state index in [-0.39, 0.29) is 17.8 Å². The minimum atomic E-state index is -0.333. The number of rotatable bonds is 5. The Kier molecular flexibility index (Phi) is 3.64. The van der Waals surface area contributed by atoms with Gasteiger partial charge in [0.2, 0.25) is 0 Å². The molecule has 0 saturated heterocycles. The van der Waals surface area contributed by atoms with Gasteiger partial charge in [-0.25, -0.2) is 4.39 Å². The standard InChI is InChI=1S/C17H23FN2O/c1-11(12-4-5-12)20(14-7-8-14)17(21)13-6-9-16(19(2)3)15(18)10-13/h6,9-12,14H,4-5,7-8H2,1-3H3/t11-/m1/s1. The lowest BCUT2D eigenvalue weighted by Gasteiger charge is -2.30. The predicted molar refractivity (Wildman–Crippen MR) is 82.1 cm³/mol. The van der Waals surface area contributed by atoms with Crippen LogP contribution < -0.4 is 4.90 Å². The lowest BCUT2D eigenvalue weighted by Crippen LogP contribution is -2.41. The van der Waals surface area contributed by atoms with Crippen LogP contribution in [0.15, 0.2) is 18.2 Å². The summed E-state index contributed by atoms with van der Waals surface area (Å²) < 4.78 is 14.1. The molecule has 1 atom stereocenters. The second-order valence-electron chi connectivity index (χ2n) is 6.58. The van der Waals surface area contributed by atoms with E-state index in [4.69, 9.17) is 0 Å². The second-order valence-corrected chi connectivity index (χ2v) is 6.58. The lowest BCUT2D eigenvalue weighted by molar-refractivity contribution is 0.0653. The van der Waals surface area contributed by atoms with Crippen molar-refractivity contribution in [1.29, 1.82) is 0 Å². The minimum Gasteiger partial charge on any atom is -0.375 e. The van der Waals surface area contributed by atoms with Crippen LogP contribution in [0.1, 0.15) is 43.0 Å². The molecule has 0 bridgehead atoms. The molecule has 4 heteroatoms. The maximum atomic E-state index is 14.1. The fourth-order valence-corrected chi connectivity index (χ4v) is 2.99. The highest BCUT2D eigenvalue weighted by molar-refractivity contribution is 5.95. The monoisotopic (exact) mass is 290 g/mol. The van der Waals surface area contributed by atoms with Gasteiger partial charge in [0.15, 0.2) is 0 Å². The van der Waals surface area contributed by atoms with Gasteiger partial charge in [-0.3, -0.25) is 4.79 Å². The van der Waals surface area contributed by atoms with Gasteiger partial charge < -0.3 is 9.80 Å². The number of benzene rings is 1. The number of halogens is 1. The van der Waals surface area contributed by atoms with Gasteiger partial charge in [0.05, 0.1) is 5.69 Å². The van der Waals surface area contributed by atoms with Gasteiger partial charge in [0.25, 0.3) is 5.91 Å². The molecule has 2 fully saturated rings. The third-order valence-electron chi connectivity index (χ3n) is 4.59. The quantitative estimate of drug-likeness (QED) is 0.830. The first-order chi connectivity index (χ1) is 9.99. The van der Waals surface area contributed by atoms with Gasteiger partial charge in [0.1, 0.15) is 5.82 Å². The van der Waals surface area contributed by atoms with Gasteiger partial charge in [-0.1, -0.05) is 0 Å². The Bertz CT molecular complexity index is 550. The van der Waals surface area contributed by atoms with Crippen molar-refractivity contribution in [3.8, 4) is 0 Å². The highest BCUT2D eigenvalue weighted by Gasteiger charge is 2.41. The number of nitrogens with zero attached hydrogens (tertiary/aromatic N) is 2. The summed E-state index contributed by atoms with van der Waals surface area (Å²) in [6, 6.07) is 5.46. The first-order valence-electron chi connectivity index (χ1n) is 7.78. The van der Waals surface area contributed by atoms with Crippen LogP contribution in [0.25, 0.3) is 0 Å². The van der Waals surface area contributed by atoms with E-state index in [0.29, 0.717) is 23.2 Å². The molecule has 2 saturated carbocycles. The molecule has 1 aromatic rings. The molecule has 0 spiro atoms. The van der Waals surface area contributed by atoms with Crippen LogP contribution in [0.3, 0.4) is 0 Å². The van der Waals surface area contributed by atoms with Crippen LogP contribution in [0.2, 0.25) is 0 Å². The fourth-order valence-electron chi connectivity index (χ4n) is 2.99.